The number of nitrogens with one attached hydrogen (secondary N) is 2. The van der Waals surface area contributed by atoms with Crippen LogP contribution in [0.25, 0.3) is 6.08 Å². The zero-order valence-corrected chi connectivity index (χ0v) is 22.1. The van der Waals surface area contributed by atoms with Crippen molar-refractivity contribution < 1.29 is 26.4 Å². The molecule has 0 radical (unpaired) electrons. The van der Waals surface area contributed by atoms with Gasteiger partial charge < -0.3 is 10.6 Å². The molecule has 7 nitrogen and oxygen atoms in total. The molecule has 2 aliphatic heterocycles. The van der Waals surface area contributed by atoms with Gasteiger partial charge in [-0.2, -0.15) is 17.5 Å². The first-order valence-electron chi connectivity index (χ1n) is 11.6. The highest BCUT2D eigenvalue weighted by molar-refractivity contribution is 8.00. The molecule has 2 heterocycles. The maximum atomic E-state index is 13.0. The molecule has 1 amide bonds. The van der Waals surface area contributed by atoms with E-state index in [1.165, 1.54) is 27.9 Å². The van der Waals surface area contributed by atoms with Crippen LogP contribution in [0.3, 0.4) is 0 Å². The third kappa shape index (κ3) is 6.02. The zero-order chi connectivity index (χ0) is 27.0. The smallest absolute Gasteiger partial charge is 0.388 e. The predicted octanol–water partition coefficient (Wildman–Crippen LogP) is 4.67. The van der Waals surface area contributed by atoms with Gasteiger partial charge in [0, 0.05) is 41.7 Å². The Bertz CT molecular complexity index is 1360. The number of anilines is 1. The first-order valence-corrected chi connectivity index (χ1v) is 13.9. The Kier molecular flexibility index (Phi) is 7.46. The summed E-state index contributed by atoms with van der Waals surface area (Å²) in [6.45, 7) is 4.02. The van der Waals surface area contributed by atoms with Crippen molar-refractivity contribution in [3.63, 3.8) is 0 Å². The number of aryl methyl sites for hydroxylation is 2. The van der Waals surface area contributed by atoms with Gasteiger partial charge in [0.15, 0.2) is 0 Å². The molecule has 0 saturated carbocycles. The number of sulfonamides is 1. The van der Waals surface area contributed by atoms with Crippen LogP contribution < -0.4 is 10.6 Å². The summed E-state index contributed by atoms with van der Waals surface area (Å²) >= 11 is -0.240. The van der Waals surface area contributed by atoms with Crippen molar-refractivity contribution in [3.8, 4) is 0 Å². The van der Waals surface area contributed by atoms with Crippen LogP contribution in [0.5, 0.6) is 0 Å². The predicted molar refractivity (Wildman–Crippen MR) is 140 cm³/mol. The lowest BCUT2D eigenvalue weighted by Gasteiger charge is -2.34. The van der Waals surface area contributed by atoms with Crippen molar-refractivity contribution in [2.75, 3.05) is 25.5 Å². The van der Waals surface area contributed by atoms with E-state index in [-0.39, 0.29) is 54.3 Å². The molecule has 1 spiro atoms. The molecule has 12 heteroatoms. The fraction of sp³-hybridized carbons (Fsp3) is 0.360. The van der Waals surface area contributed by atoms with E-state index in [2.05, 4.69) is 15.6 Å². The van der Waals surface area contributed by atoms with Crippen LogP contribution in [0, 0.1) is 13.8 Å². The number of carbonyl (C=O) groups excluding carboxylic acids is 1. The second kappa shape index (κ2) is 10.1. The van der Waals surface area contributed by atoms with Crippen LogP contribution in [0.2, 0.25) is 0 Å². The number of amides is 1. The SMILES string of the molecule is CNc1cc(C)c(C=CS(=O)(=O)N2CCC3(CC2)N=C(c2cccc(SC(F)(F)F)c2)NC3=O)c(C)c1. The van der Waals surface area contributed by atoms with E-state index >= 15 is 0 Å². The first-order chi connectivity index (χ1) is 17.3. The second-order valence-electron chi connectivity index (χ2n) is 9.04. The first kappa shape index (κ1) is 27.2. The van der Waals surface area contributed by atoms with Gasteiger partial charge in [-0.25, -0.2) is 8.42 Å². The monoisotopic (exact) mass is 552 g/mol. The van der Waals surface area contributed by atoms with Gasteiger partial charge in [0.05, 0.1) is 0 Å². The molecule has 37 heavy (non-hydrogen) atoms. The van der Waals surface area contributed by atoms with E-state index < -0.39 is 21.1 Å². The van der Waals surface area contributed by atoms with Gasteiger partial charge in [-0.3, -0.25) is 9.79 Å². The number of aliphatic imine (C=N–C) groups is 1. The number of alkyl halides is 3. The Morgan fingerprint density at radius 3 is 2.38 bits per heavy atom. The number of amidine groups is 1. The molecule has 2 aliphatic rings. The maximum absolute atomic E-state index is 13.0. The highest BCUT2D eigenvalue weighted by atomic mass is 32.2. The molecule has 4 rings (SSSR count). The molecule has 0 aliphatic carbocycles. The number of halogens is 3. The summed E-state index contributed by atoms with van der Waals surface area (Å²) in [6, 6.07) is 9.60. The number of nitrogens with zero attached hydrogens (tertiary/aromatic N) is 2. The zero-order valence-electron chi connectivity index (χ0n) is 20.5. The third-order valence-corrected chi connectivity index (χ3v) is 8.81. The fourth-order valence-electron chi connectivity index (χ4n) is 4.57. The number of thioether (sulfide) groups is 1. The lowest BCUT2D eigenvalue weighted by atomic mass is 9.89. The lowest BCUT2D eigenvalue weighted by molar-refractivity contribution is -0.124. The van der Waals surface area contributed by atoms with Crippen molar-refractivity contribution in [2.24, 2.45) is 4.99 Å². The average molecular weight is 553 g/mol. The normalized spacial score (nSPS) is 18.3. The molecule has 2 aromatic rings. The number of hydrogen-bond donors (Lipinski definition) is 2. The largest absolute Gasteiger partial charge is 0.446 e. The molecule has 1 fully saturated rings. The standard InChI is InChI=1S/C25H27F3N4O3S2/c1-16-13-19(29-3)14-17(2)21(16)7-12-37(34,35)32-10-8-24(9-11-32)23(33)30-22(31-24)18-5-4-6-20(15-18)36-25(26,27)28/h4-7,12-15,29H,8-11H2,1-3H3,(H,30,31,33). The van der Waals surface area contributed by atoms with Crippen LogP contribution >= 0.6 is 11.8 Å². The summed E-state index contributed by atoms with van der Waals surface area (Å²) in [4.78, 5) is 17.4. The summed E-state index contributed by atoms with van der Waals surface area (Å²) in [6.07, 6.45) is 1.93. The number of rotatable bonds is 6. The van der Waals surface area contributed by atoms with Crippen LogP contribution in [0.1, 0.15) is 35.1 Å². The van der Waals surface area contributed by atoms with E-state index in [1.54, 1.807) is 12.1 Å². The Hall–Kier alpha value is -2.83. The van der Waals surface area contributed by atoms with Gasteiger partial charge in [0.25, 0.3) is 5.91 Å². The fourth-order valence-corrected chi connectivity index (χ4v) is 6.34. The van der Waals surface area contributed by atoms with E-state index in [4.69, 9.17) is 0 Å². The minimum atomic E-state index is -4.43. The topological polar surface area (TPSA) is 90.9 Å². The molecule has 2 N–H and O–H groups in total. The Morgan fingerprint density at radius 2 is 1.78 bits per heavy atom. The number of carbonyl (C=O) groups is 1. The van der Waals surface area contributed by atoms with Crippen molar-refractivity contribution >= 4 is 45.3 Å². The van der Waals surface area contributed by atoms with E-state index in [0.29, 0.717) is 5.56 Å². The van der Waals surface area contributed by atoms with Gasteiger partial charge in [-0.05, 0) is 85.5 Å². The molecular formula is C25H27F3N4O3S2. The number of piperidine rings is 1. The summed E-state index contributed by atoms with van der Waals surface area (Å²) in [7, 11) is -1.92. The highest BCUT2D eigenvalue weighted by Gasteiger charge is 2.47. The van der Waals surface area contributed by atoms with Gasteiger partial charge in [0.1, 0.15) is 11.4 Å². The molecular weight excluding hydrogens is 525 g/mol. The molecule has 1 saturated heterocycles. The minimum absolute atomic E-state index is 0.0123. The van der Waals surface area contributed by atoms with E-state index in [0.717, 1.165) is 22.4 Å². The number of benzene rings is 2. The van der Waals surface area contributed by atoms with E-state index in [9.17, 15) is 26.4 Å². The maximum Gasteiger partial charge on any atom is 0.446 e. The van der Waals surface area contributed by atoms with Crippen LogP contribution in [-0.4, -0.2) is 55.7 Å². The van der Waals surface area contributed by atoms with Gasteiger partial charge in [0.2, 0.25) is 10.0 Å². The summed E-state index contributed by atoms with van der Waals surface area (Å²) in [5, 5.41) is 6.94. The lowest BCUT2D eigenvalue weighted by Crippen LogP contribution is -2.50. The highest BCUT2D eigenvalue weighted by Crippen LogP contribution is 2.38. The van der Waals surface area contributed by atoms with Crippen LogP contribution in [0.4, 0.5) is 18.9 Å². The van der Waals surface area contributed by atoms with Crippen molar-refractivity contribution in [2.45, 2.75) is 42.6 Å². The van der Waals surface area contributed by atoms with Gasteiger partial charge in [-0.15, -0.1) is 0 Å². The molecule has 0 atom stereocenters. The molecule has 0 aromatic heterocycles. The second-order valence-corrected chi connectivity index (χ2v) is 12.0. The Morgan fingerprint density at radius 1 is 1.14 bits per heavy atom. The quantitative estimate of drug-likeness (QED) is 0.509. The number of hydrogen-bond acceptors (Lipinski definition) is 6. The van der Waals surface area contributed by atoms with Gasteiger partial charge >= 0.3 is 5.51 Å². The average Bonchev–Trinajstić information content (AvgIpc) is 3.13. The Balaban J connectivity index is 1.48. The van der Waals surface area contributed by atoms with Crippen molar-refractivity contribution in [1.82, 2.24) is 9.62 Å². The minimum Gasteiger partial charge on any atom is -0.388 e. The molecule has 0 bridgehead atoms. The molecule has 2 aromatic carbocycles. The van der Waals surface area contributed by atoms with Crippen LogP contribution in [0.15, 0.2) is 51.7 Å². The van der Waals surface area contributed by atoms with Crippen LogP contribution in [-0.2, 0) is 14.8 Å². The summed E-state index contributed by atoms with van der Waals surface area (Å²) < 4.78 is 65.6. The third-order valence-electron chi connectivity index (χ3n) is 6.52. The Labute approximate surface area is 218 Å². The van der Waals surface area contributed by atoms with E-state index in [1.807, 2.05) is 33.0 Å². The molecule has 198 valence electrons. The molecule has 0 unspecified atom stereocenters. The van der Waals surface area contributed by atoms with Crippen molar-refractivity contribution in [3.05, 3.63) is 64.1 Å². The van der Waals surface area contributed by atoms with Crippen molar-refractivity contribution in [1.29, 1.82) is 0 Å². The summed E-state index contributed by atoms with van der Waals surface area (Å²) in [5.74, 6) is -0.179. The van der Waals surface area contributed by atoms with Gasteiger partial charge in [-0.1, -0.05) is 12.1 Å². The summed E-state index contributed by atoms with van der Waals surface area (Å²) in [5.41, 5.74) is -1.56.